The van der Waals surface area contributed by atoms with Crippen LogP contribution in [-0.4, -0.2) is 24.3 Å². The Kier molecular flexibility index (Phi) is 9.11. The largest absolute Gasteiger partial charge is 0.466 e. The molecule has 0 bridgehead atoms. The Bertz CT molecular complexity index is 1020. The van der Waals surface area contributed by atoms with Crippen molar-refractivity contribution >= 4 is 23.9 Å². The van der Waals surface area contributed by atoms with Crippen LogP contribution in [0.2, 0.25) is 0 Å². The number of halogens is 6. The molecule has 2 rings (SSSR count). The van der Waals surface area contributed by atoms with E-state index in [1.165, 1.54) is 30.3 Å². The summed E-state index contributed by atoms with van der Waals surface area (Å²) in [6.07, 6.45) is -9.81. The maximum absolute atomic E-state index is 13.9. The second-order valence-electron chi connectivity index (χ2n) is 7.51. The van der Waals surface area contributed by atoms with Crippen LogP contribution in [0, 0.1) is 0 Å². The van der Waals surface area contributed by atoms with Gasteiger partial charge in [-0.3, -0.25) is 9.59 Å². The molecule has 0 radical (unpaired) electrons. The summed E-state index contributed by atoms with van der Waals surface area (Å²) in [5.41, 5.74) is -7.21. The topological polar surface area (TPSA) is 60.4 Å². The number of carbonyl (C=O) groups is 2. The normalized spacial score (nSPS) is 13.9. The van der Waals surface area contributed by atoms with Gasteiger partial charge in [-0.25, -0.2) is 0 Å². The van der Waals surface area contributed by atoms with Gasteiger partial charge in [0.2, 0.25) is 5.52 Å². The van der Waals surface area contributed by atoms with Crippen molar-refractivity contribution < 1.29 is 45.2 Å². The number of esters is 1. The molecule has 0 aliphatic carbocycles. The number of hydrogen-bond donors (Lipinski definition) is 0. The second kappa shape index (κ2) is 11.2. The zero-order valence-corrected chi connectivity index (χ0v) is 19.1. The molecule has 0 aliphatic heterocycles. The van der Waals surface area contributed by atoms with Crippen LogP contribution in [0.25, 0.3) is 0 Å². The van der Waals surface area contributed by atoms with Crippen molar-refractivity contribution in [1.29, 1.82) is 0 Å². The predicted molar refractivity (Wildman–Crippen MR) is 114 cm³/mol. The zero-order valence-electron chi connectivity index (χ0n) is 18.2. The van der Waals surface area contributed by atoms with Crippen LogP contribution in [0.5, 0.6) is 0 Å². The highest BCUT2D eigenvalue weighted by Gasteiger charge is 2.47. The lowest BCUT2D eigenvalue weighted by Gasteiger charge is -2.22. The molecule has 1 atom stereocenters. The van der Waals surface area contributed by atoms with Gasteiger partial charge in [-0.05, 0) is 18.6 Å². The molecule has 0 aromatic heterocycles. The minimum absolute atomic E-state index is 0.0609. The van der Waals surface area contributed by atoms with Gasteiger partial charge in [0.1, 0.15) is 0 Å². The molecule has 4 nitrogen and oxygen atoms in total. The monoisotopic (exact) mass is 508 g/mol. The van der Waals surface area contributed by atoms with Crippen LogP contribution in [0.3, 0.4) is 0 Å². The van der Waals surface area contributed by atoms with Gasteiger partial charge in [0, 0.05) is 11.5 Å². The van der Waals surface area contributed by atoms with E-state index in [0.29, 0.717) is 24.6 Å². The van der Waals surface area contributed by atoms with Gasteiger partial charge in [-0.2, -0.15) is 26.3 Å². The highest BCUT2D eigenvalue weighted by molar-refractivity contribution is 7.87. The number of benzene rings is 2. The first-order chi connectivity index (χ1) is 15.8. The fraction of sp³-hybridized carbons (Fsp3) is 0.391. The third-order valence-electron chi connectivity index (χ3n) is 5.03. The van der Waals surface area contributed by atoms with Gasteiger partial charge in [-0.1, -0.05) is 56.2 Å². The molecule has 34 heavy (non-hydrogen) atoms. The molecule has 0 saturated heterocycles. The summed E-state index contributed by atoms with van der Waals surface area (Å²) in [7, 11) is -4.62. The van der Waals surface area contributed by atoms with Crippen LogP contribution in [0.4, 0.5) is 26.3 Å². The number of ether oxygens (including phenoxy) is 1. The van der Waals surface area contributed by atoms with Crippen molar-refractivity contribution in [3.63, 3.8) is 0 Å². The molecule has 1 unspecified atom stereocenters. The molecule has 186 valence electrons. The predicted octanol–water partition coefficient (Wildman–Crippen LogP) is 6.68. The van der Waals surface area contributed by atoms with Gasteiger partial charge in [-0.15, -0.1) is 0 Å². The van der Waals surface area contributed by atoms with Gasteiger partial charge in [0.15, 0.2) is 7.14 Å². The third-order valence-corrected chi connectivity index (χ3v) is 7.90. The summed E-state index contributed by atoms with van der Waals surface area (Å²) in [6.45, 7) is 1.99. The van der Waals surface area contributed by atoms with E-state index in [0.717, 1.165) is 12.8 Å². The van der Waals surface area contributed by atoms with Crippen molar-refractivity contribution in [2.45, 2.75) is 45.0 Å². The Hall–Kier alpha value is -2.61. The van der Waals surface area contributed by atoms with Crippen molar-refractivity contribution in [2.75, 3.05) is 12.8 Å². The number of alkyl halides is 6. The molecule has 0 fully saturated rings. The highest BCUT2D eigenvalue weighted by Crippen LogP contribution is 2.52. The average molecular weight is 508 g/mol. The Morgan fingerprint density at radius 2 is 1.41 bits per heavy atom. The second-order valence-corrected chi connectivity index (χ2v) is 10.4. The lowest BCUT2D eigenvalue weighted by Crippen LogP contribution is -2.24. The smallest absolute Gasteiger partial charge is 0.417 e. The summed E-state index contributed by atoms with van der Waals surface area (Å²) >= 11 is 0. The maximum Gasteiger partial charge on any atom is 0.417 e. The summed E-state index contributed by atoms with van der Waals surface area (Å²) in [4.78, 5) is 25.4. The average Bonchev–Trinajstić information content (AvgIpc) is 2.78. The van der Waals surface area contributed by atoms with Crippen LogP contribution in [0.15, 0.2) is 48.5 Å². The SMILES string of the molecule is CCCCCOC(=O)CCP(=O)(C(=O)c1c(C(F)(F)F)cccc1C(F)(F)F)c1ccccc1. The number of unbranched alkanes of at least 4 members (excludes halogenated alkanes) is 2. The molecular weight excluding hydrogens is 485 g/mol. The van der Waals surface area contributed by atoms with Crippen molar-refractivity contribution in [1.82, 2.24) is 0 Å². The molecule has 0 amide bonds. The maximum atomic E-state index is 13.9. The molecule has 0 aliphatic rings. The Morgan fingerprint density at radius 3 is 1.91 bits per heavy atom. The zero-order chi connectivity index (χ0) is 25.6. The standard InChI is InChI=1S/C23H23F6O4P/c1-2-3-7-14-33-19(30)13-15-34(32,16-9-5-4-6-10-16)21(31)20-17(22(24,25)26)11-8-12-18(20)23(27,28)29/h4-6,8-12H,2-3,7,13-15H2,1H3. The molecule has 0 heterocycles. The lowest BCUT2D eigenvalue weighted by molar-refractivity contribution is -0.144. The Labute approximate surface area is 192 Å². The Morgan fingerprint density at radius 1 is 0.853 bits per heavy atom. The number of carbonyl (C=O) groups excluding carboxylic acids is 2. The molecule has 0 saturated carbocycles. The third kappa shape index (κ3) is 6.72. The van der Waals surface area contributed by atoms with Gasteiger partial charge < -0.3 is 9.30 Å². The fourth-order valence-corrected chi connectivity index (χ4v) is 5.76. The van der Waals surface area contributed by atoms with E-state index >= 15 is 0 Å². The fourth-order valence-electron chi connectivity index (χ4n) is 3.31. The minimum Gasteiger partial charge on any atom is -0.466 e. The first kappa shape index (κ1) is 27.6. The van der Waals surface area contributed by atoms with Crippen LogP contribution in [0.1, 0.15) is 54.1 Å². The van der Waals surface area contributed by atoms with E-state index in [-0.39, 0.29) is 11.9 Å². The quantitative estimate of drug-likeness (QED) is 0.156. The van der Waals surface area contributed by atoms with E-state index in [1.807, 2.05) is 6.92 Å². The minimum atomic E-state index is -5.31. The molecule has 0 N–H and O–H groups in total. The summed E-state index contributed by atoms with van der Waals surface area (Å²) < 4.78 is 100. The van der Waals surface area contributed by atoms with Gasteiger partial charge >= 0.3 is 18.3 Å². The summed E-state index contributed by atoms with van der Waals surface area (Å²) in [6, 6.07) is 7.72. The van der Waals surface area contributed by atoms with Crippen LogP contribution in [-0.2, 0) is 26.4 Å². The summed E-state index contributed by atoms with van der Waals surface area (Å²) in [5, 5.41) is -0.246. The summed E-state index contributed by atoms with van der Waals surface area (Å²) in [5.74, 6) is -0.847. The molecule has 11 heteroatoms. The van der Waals surface area contributed by atoms with Gasteiger partial charge in [0.25, 0.3) is 0 Å². The van der Waals surface area contributed by atoms with Crippen molar-refractivity contribution in [3.8, 4) is 0 Å². The van der Waals surface area contributed by atoms with Gasteiger partial charge in [0.05, 0.1) is 29.7 Å². The highest BCUT2D eigenvalue weighted by atomic mass is 31.2. The number of rotatable bonds is 10. The van der Waals surface area contributed by atoms with E-state index in [9.17, 15) is 40.5 Å². The van der Waals surface area contributed by atoms with Crippen molar-refractivity contribution in [2.24, 2.45) is 0 Å². The van der Waals surface area contributed by atoms with Crippen LogP contribution < -0.4 is 5.30 Å². The molecule has 0 spiro atoms. The Balaban J connectivity index is 2.54. The number of hydrogen-bond acceptors (Lipinski definition) is 4. The molecule has 2 aromatic rings. The molecule has 2 aromatic carbocycles. The van der Waals surface area contributed by atoms with E-state index in [2.05, 4.69) is 0 Å². The first-order valence-electron chi connectivity index (χ1n) is 10.4. The van der Waals surface area contributed by atoms with Crippen molar-refractivity contribution in [3.05, 3.63) is 65.2 Å². The first-order valence-corrected chi connectivity index (χ1v) is 12.3. The van der Waals surface area contributed by atoms with E-state index < -0.39 is 60.3 Å². The molecular formula is C23H23F6O4P. The van der Waals surface area contributed by atoms with E-state index in [1.54, 1.807) is 0 Å². The lowest BCUT2D eigenvalue weighted by atomic mass is 10.0. The van der Waals surface area contributed by atoms with Crippen LogP contribution >= 0.6 is 7.14 Å². The van der Waals surface area contributed by atoms with E-state index in [4.69, 9.17) is 4.74 Å².